The SMILES string of the molecule is COC(=O)C(C)COCCCC(O)CCCCO. The summed E-state index contributed by atoms with van der Waals surface area (Å²) in [5.74, 6) is -0.511. The fraction of sp³-hybridized carbons (Fsp3) is 0.923. The lowest BCUT2D eigenvalue weighted by Gasteiger charge is -2.12. The van der Waals surface area contributed by atoms with Crippen LogP contribution in [0.2, 0.25) is 0 Å². The maximum atomic E-state index is 11.1. The molecule has 0 spiro atoms. The number of aliphatic hydroxyl groups excluding tert-OH is 2. The van der Waals surface area contributed by atoms with Gasteiger partial charge in [0.2, 0.25) is 0 Å². The minimum Gasteiger partial charge on any atom is -0.469 e. The van der Waals surface area contributed by atoms with E-state index in [1.807, 2.05) is 0 Å². The number of carbonyl (C=O) groups excluding carboxylic acids is 1. The van der Waals surface area contributed by atoms with Gasteiger partial charge >= 0.3 is 5.97 Å². The van der Waals surface area contributed by atoms with Crippen molar-refractivity contribution in [3.8, 4) is 0 Å². The number of hydrogen-bond acceptors (Lipinski definition) is 5. The molecule has 0 aliphatic carbocycles. The van der Waals surface area contributed by atoms with Crippen molar-refractivity contribution >= 4 is 5.97 Å². The third-order valence-electron chi connectivity index (χ3n) is 2.74. The van der Waals surface area contributed by atoms with Crippen molar-refractivity contribution in [2.75, 3.05) is 26.9 Å². The summed E-state index contributed by atoms with van der Waals surface area (Å²) in [4.78, 5) is 11.1. The van der Waals surface area contributed by atoms with Gasteiger partial charge in [0.15, 0.2) is 0 Å². The van der Waals surface area contributed by atoms with E-state index < -0.39 is 0 Å². The van der Waals surface area contributed by atoms with E-state index in [1.54, 1.807) is 6.92 Å². The summed E-state index contributed by atoms with van der Waals surface area (Å²) < 4.78 is 9.93. The number of unbranched alkanes of at least 4 members (excludes halogenated alkanes) is 1. The largest absolute Gasteiger partial charge is 0.469 e. The fourth-order valence-corrected chi connectivity index (χ4v) is 1.59. The monoisotopic (exact) mass is 262 g/mol. The Bertz CT molecular complexity index is 208. The molecule has 108 valence electrons. The second kappa shape index (κ2) is 11.4. The van der Waals surface area contributed by atoms with Gasteiger partial charge in [-0.25, -0.2) is 0 Å². The molecule has 2 N–H and O–H groups in total. The molecule has 0 aliphatic heterocycles. The standard InChI is InChI=1S/C13H26O5/c1-11(13(16)17-2)10-18-9-5-7-12(15)6-3-4-8-14/h11-12,14-15H,3-10H2,1-2H3. The van der Waals surface area contributed by atoms with E-state index in [2.05, 4.69) is 4.74 Å². The molecule has 18 heavy (non-hydrogen) atoms. The lowest BCUT2D eigenvalue weighted by Crippen LogP contribution is -2.19. The molecule has 0 aromatic rings. The summed E-state index contributed by atoms with van der Waals surface area (Å²) in [6, 6.07) is 0. The van der Waals surface area contributed by atoms with Crippen LogP contribution in [-0.4, -0.2) is 49.2 Å². The number of aliphatic hydroxyl groups is 2. The van der Waals surface area contributed by atoms with E-state index in [9.17, 15) is 9.90 Å². The van der Waals surface area contributed by atoms with Crippen molar-refractivity contribution in [1.82, 2.24) is 0 Å². The number of hydrogen-bond donors (Lipinski definition) is 2. The summed E-state index contributed by atoms with van der Waals surface area (Å²) in [6.07, 6.45) is 3.45. The first kappa shape index (κ1) is 17.4. The molecule has 0 bridgehead atoms. The van der Waals surface area contributed by atoms with Crippen LogP contribution in [0.5, 0.6) is 0 Å². The maximum absolute atomic E-state index is 11.1. The van der Waals surface area contributed by atoms with E-state index in [4.69, 9.17) is 9.84 Å². The fourth-order valence-electron chi connectivity index (χ4n) is 1.59. The summed E-state index contributed by atoms with van der Waals surface area (Å²) in [5.41, 5.74) is 0. The smallest absolute Gasteiger partial charge is 0.310 e. The molecule has 5 heteroatoms. The van der Waals surface area contributed by atoms with E-state index in [-0.39, 0.29) is 24.6 Å². The van der Waals surface area contributed by atoms with Gasteiger partial charge in [0, 0.05) is 13.2 Å². The average molecular weight is 262 g/mol. The van der Waals surface area contributed by atoms with Crippen molar-refractivity contribution in [2.45, 2.75) is 45.1 Å². The first-order chi connectivity index (χ1) is 8.61. The van der Waals surface area contributed by atoms with Gasteiger partial charge in [-0.05, 0) is 39.0 Å². The van der Waals surface area contributed by atoms with Gasteiger partial charge in [-0.15, -0.1) is 0 Å². The Hall–Kier alpha value is -0.650. The van der Waals surface area contributed by atoms with Gasteiger partial charge in [-0.1, -0.05) is 0 Å². The summed E-state index contributed by atoms with van der Waals surface area (Å²) in [6.45, 7) is 2.84. The van der Waals surface area contributed by atoms with Gasteiger partial charge < -0.3 is 19.7 Å². The van der Waals surface area contributed by atoms with Crippen LogP contribution in [0, 0.1) is 5.92 Å². The first-order valence-electron chi connectivity index (χ1n) is 6.56. The zero-order chi connectivity index (χ0) is 13.8. The molecule has 0 heterocycles. The van der Waals surface area contributed by atoms with Gasteiger partial charge in [0.1, 0.15) is 0 Å². The van der Waals surface area contributed by atoms with Crippen LogP contribution in [0.1, 0.15) is 39.0 Å². The molecule has 0 radical (unpaired) electrons. The quantitative estimate of drug-likeness (QED) is 0.431. The van der Waals surface area contributed by atoms with Gasteiger partial charge in [0.25, 0.3) is 0 Å². The number of methoxy groups -OCH3 is 1. The lowest BCUT2D eigenvalue weighted by atomic mass is 10.1. The highest BCUT2D eigenvalue weighted by Gasteiger charge is 2.12. The Morgan fingerprint density at radius 3 is 2.50 bits per heavy atom. The van der Waals surface area contributed by atoms with Crippen LogP contribution in [0.4, 0.5) is 0 Å². The van der Waals surface area contributed by atoms with Gasteiger partial charge in [-0.2, -0.15) is 0 Å². The van der Waals surface area contributed by atoms with E-state index in [0.29, 0.717) is 19.6 Å². The van der Waals surface area contributed by atoms with Crippen LogP contribution in [0.25, 0.3) is 0 Å². The highest BCUT2D eigenvalue weighted by atomic mass is 16.5. The third-order valence-corrected chi connectivity index (χ3v) is 2.74. The molecular formula is C13H26O5. The van der Waals surface area contributed by atoms with Crippen molar-refractivity contribution in [3.63, 3.8) is 0 Å². The third kappa shape index (κ3) is 9.39. The Balaban J connectivity index is 3.36. The second-order valence-corrected chi connectivity index (χ2v) is 4.51. The number of ether oxygens (including phenoxy) is 2. The molecule has 0 aromatic carbocycles. The van der Waals surface area contributed by atoms with Gasteiger partial charge in [0.05, 0.1) is 25.7 Å². The highest BCUT2D eigenvalue weighted by Crippen LogP contribution is 2.07. The topological polar surface area (TPSA) is 76.0 Å². The zero-order valence-corrected chi connectivity index (χ0v) is 11.4. The molecule has 2 unspecified atom stereocenters. The summed E-state index contributed by atoms with van der Waals surface area (Å²) in [7, 11) is 1.36. The molecule has 0 fully saturated rings. The number of rotatable bonds is 11. The number of esters is 1. The predicted octanol–water partition coefficient (Wildman–Crippen LogP) is 1.12. The molecule has 0 aromatic heterocycles. The molecule has 5 nitrogen and oxygen atoms in total. The van der Waals surface area contributed by atoms with E-state index in [0.717, 1.165) is 25.7 Å². The van der Waals surface area contributed by atoms with Crippen molar-refractivity contribution in [1.29, 1.82) is 0 Å². The Morgan fingerprint density at radius 2 is 1.89 bits per heavy atom. The Kier molecular flexibility index (Phi) is 11.0. The van der Waals surface area contributed by atoms with Gasteiger partial charge in [-0.3, -0.25) is 4.79 Å². The maximum Gasteiger partial charge on any atom is 0.310 e. The normalized spacial score (nSPS) is 14.2. The molecular weight excluding hydrogens is 236 g/mol. The zero-order valence-electron chi connectivity index (χ0n) is 11.4. The van der Waals surface area contributed by atoms with Crippen LogP contribution in [-0.2, 0) is 14.3 Å². The average Bonchev–Trinajstić information content (AvgIpc) is 2.37. The summed E-state index contributed by atoms with van der Waals surface area (Å²) in [5, 5.41) is 18.2. The lowest BCUT2D eigenvalue weighted by molar-refractivity contribution is -0.146. The van der Waals surface area contributed by atoms with Crippen molar-refractivity contribution in [2.24, 2.45) is 5.92 Å². The van der Waals surface area contributed by atoms with Crippen LogP contribution >= 0.6 is 0 Å². The molecule has 0 rings (SSSR count). The first-order valence-corrected chi connectivity index (χ1v) is 6.56. The minimum absolute atomic E-state index is 0.182. The minimum atomic E-state index is -0.321. The molecule has 0 aliphatic rings. The van der Waals surface area contributed by atoms with E-state index >= 15 is 0 Å². The highest BCUT2D eigenvalue weighted by molar-refractivity contribution is 5.71. The Labute approximate surface area is 109 Å². The molecule has 0 amide bonds. The predicted molar refractivity (Wildman–Crippen MR) is 68.2 cm³/mol. The molecule has 0 saturated heterocycles. The van der Waals surface area contributed by atoms with Crippen LogP contribution < -0.4 is 0 Å². The van der Waals surface area contributed by atoms with Crippen LogP contribution in [0.15, 0.2) is 0 Å². The summed E-state index contributed by atoms with van der Waals surface area (Å²) >= 11 is 0. The second-order valence-electron chi connectivity index (χ2n) is 4.51. The van der Waals surface area contributed by atoms with Crippen molar-refractivity contribution < 1.29 is 24.5 Å². The Morgan fingerprint density at radius 1 is 1.22 bits per heavy atom. The molecule has 2 atom stereocenters. The molecule has 0 saturated carbocycles. The van der Waals surface area contributed by atoms with Crippen LogP contribution in [0.3, 0.4) is 0 Å². The van der Waals surface area contributed by atoms with Crippen molar-refractivity contribution in [3.05, 3.63) is 0 Å². The number of carbonyl (C=O) groups is 1. The van der Waals surface area contributed by atoms with E-state index in [1.165, 1.54) is 7.11 Å².